The molecule has 0 saturated carbocycles. The van der Waals surface area contributed by atoms with Gasteiger partial charge < -0.3 is 10.3 Å². The average molecular weight is 481 g/mol. The third kappa shape index (κ3) is 5.16. The Morgan fingerprint density at radius 1 is 1.03 bits per heavy atom. The second-order valence-electron chi connectivity index (χ2n) is 8.77. The summed E-state index contributed by atoms with van der Waals surface area (Å²) < 4.78 is 1.30. The Balaban J connectivity index is 0.000000247. The van der Waals surface area contributed by atoms with Crippen molar-refractivity contribution in [3.05, 3.63) is 95.4 Å². The number of aryl methyl sites for hydroxylation is 1. The molecule has 1 unspecified atom stereocenters. The van der Waals surface area contributed by atoms with Gasteiger partial charge in [0.15, 0.2) is 0 Å². The maximum atomic E-state index is 12.4. The molecule has 5 heterocycles. The van der Waals surface area contributed by atoms with E-state index in [1.165, 1.54) is 33.9 Å². The van der Waals surface area contributed by atoms with Gasteiger partial charge in [-0.15, -0.1) is 0 Å². The number of hydrogen-bond donors (Lipinski definition) is 2. The monoisotopic (exact) mass is 480 g/mol. The molecule has 36 heavy (non-hydrogen) atoms. The highest BCUT2D eigenvalue weighted by Crippen LogP contribution is 2.30. The largest absolute Gasteiger partial charge is 0.361 e. The number of nitrogens with zero attached hydrogens (tertiary/aromatic N) is 6. The van der Waals surface area contributed by atoms with Crippen LogP contribution in [0.1, 0.15) is 24.4 Å². The molecule has 9 nitrogen and oxygen atoms in total. The topological polar surface area (TPSA) is 105 Å². The van der Waals surface area contributed by atoms with E-state index in [-0.39, 0.29) is 5.56 Å². The Kier molecular flexibility index (Phi) is 6.81. The van der Waals surface area contributed by atoms with Gasteiger partial charge in [0.2, 0.25) is 0 Å². The van der Waals surface area contributed by atoms with Crippen molar-refractivity contribution in [2.45, 2.75) is 18.9 Å². The Hall–Kier alpha value is -4.37. The lowest BCUT2D eigenvalue weighted by molar-refractivity contribution is 0.317. The molecule has 0 aliphatic carbocycles. The molecule has 9 heteroatoms. The number of hydrogen-bond acceptors (Lipinski definition) is 7. The summed E-state index contributed by atoms with van der Waals surface area (Å²) in [5, 5.41) is 8.65. The van der Waals surface area contributed by atoms with Gasteiger partial charge in [-0.2, -0.15) is 5.10 Å². The molecule has 1 fully saturated rings. The van der Waals surface area contributed by atoms with E-state index in [1.807, 2.05) is 30.6 Å². The van der Waals surface area contributed by atoms with E-state index < -0.39 is 0 Å². The maximum absolute atomic E-state index is 12.4. The fourth-order valence-electron chi connectivity index (χ4n) is 4.41. The van der Waals surface area contributed by atoms with Gasteiger partial charge >= 0.3 is 0 Å². The molecule has 1 aliphatic heterocycles. The summed E-state index contributed by atoms with van der Waals surface area (Å²) in [6.07, 6.45) is 9.26. The summed E-state index contributed by atoms with van der Waals surface area (Å²) in [5.41, 5.74) is 3.92. The van der Waals surface area contributed by atoms with Crippen molar-refractivity contribution < 1.29 is 0 Å². The zero-order valence-corrected chi connectivity index (χ0v) is 20.3. The molecule has 0 radical (unpaired) electrons. The summed E-state index contributed by atoms with van der Waals surface area (Å²) >= 11 is 0. The minimum atomic E-state index is -0.235. The van der Waals surface area contributed by atoms with Crippen molar-refractivity contribution in [1.82, 2.24) is 34.6 Å². The van der Waals surface area contributed by atoms with Crippen LogP contribution < -0.4 is 10.9 Å². The summed E-state index contributed by atoms with van der Waals surface area (Å²) in [5.74, 6) is 0.548. The fraction of sp³-hybridized carbons (Fsp3) is 0.222. The summed E-state index contributed by atoms with van der Waals surface area (Å²) in [4.78, 5) is 30.4. The molecule has 0 bridgehead atoms. The lowest BCUT2D eigenvalue weighted by Crippen LogP contribution is -2.23. The van der Waals surface area contributed by atoms with Crippen LogP contribution in [-0.4, -0.2) is 48.2 Å². The number of para-hydroxylation sites is 1. The van der Waals surface area contributed by atoms with Crippen LogP contribution in [0.25, 0.3) is 22.3 Å². The van der Waals surface area contributed by atoms with Crippen LogP contribution in [-0.2, 0) is 7.05 Å². The first-order chi connectivity index (χ1) is 17.6. The molecule has 1 aromatic carbocycles. The predicted octanol–water partition coefficient (Wildman–Crippen LogP) is 4.31. The summed E-state index contributed by atoms with van der Waals surface area (Å²) in [7, 11) is 3.77. The van der Waals surface area contributed by atoms with Gasteiger partial charge in [0.1, 0.15) is 23.5 Å². The predicted molar refractivity (Wildman–Crippen MR) is 141 cm³/mol. The van der Waals surface area contributed by atoms with Crippen molar-refractivity contribution >= 4 is 22.4 Å². The van der Waals surface area contributed by atoms with Crippen LogP contribution in [0.5, 0.6) is 0 Å². The lowest BCUT2D eigenvalue weighted by atomic mass is 10.1. The second-order valence-corrected chi connectivity index (χ2v) is 8.77. The number of likely N-dealkylation sites (tertiary alicyclic amines) is 1. The number of pyridine rings is 1. The van der Waals surface area contributed by atoms with Crippen molar-refractivity contribution in [2.75, 3.05) is 18.9 Å². The van der Waals surface area contributed by atoms with Crippen molar-refractivity contribution in [3.63, 3.8) is 0 Å². The van der Waals surface area contributed by atoms with E-state index >= 15 is 0 Å². The van der Waals surface area contributed by atoms with Gasteiger partial charge in [0.25, 0.3) is 5.56 Å². The van der Waals surface area contributed by atoms with Crippen molar-refractivity contribution in [1.29, 1.82) is 0 Å². The first kappa shape index (κ1) is 23.4. The van der Waals surface area contributed by atoms with Gasteiger partial charge in [-0.1, -0.05) is 24.3 Å². The third-order valence-electron chi connectivity index (χ3n) is 6.32. The molecule has 2 N–H and O–H groups in total. The number of anilines is 2. The molecule has 6 rings (SSSR count). The first-order valence-corrected chi connectivity index (χ1v) is 11.9. The number of H-pyrrole nitrogens is 1. The van der Waals surface area contributed by atoms with Crippen LogP contribution in [0, 0.1) is 0 Å². The standard InChI is InChI=1S/C19H21N7O.C8H7N/c1-25-9-3-4-17(25)13-5-6-14(21-11-13)15-10-16(19(27)26(2)24-15)23-18-7-8-20-12-22-18;1-2-4-8-7(3-1)5-6-9-8/h5-8,10-12,17H,3-4,9H2,1-2H3,(H,20,22,23);1-6,9H. The number of fused-ring (bicyclic) bond motifs is 1. The molecule has 1 aliphatic rings. The summed E-state index contributed by atoms with van der Waals surface area (Å²) in [6, 6.07) is 18.2. The van der Waals surface area contributed by atoms with E-state index in [9.17, 15) is 4.79 Å². The normalized spacial score (nSPS) is 15.4. The minimum absolute atomic E-state index is 0.235. The van der Waals surface area contributed by atoms with E-state index in [2.05, 4.69) is 66.6 Å². The summed E-state index contributed by atoms with van der Waals surface area (Å²) in [6.45, 7) is 1.12. The van der Waals surface area contributed by atoms with Crippen molar-refractivity contribution in [2.24, 2.45) is 7.05 Å². The highest BCUT2D eigenvalue weighted by atomic mass is 16.1. The molecule has 5 aromatic rings. The molecule has 1 saturated heterocycles. The number of nitrogens with one attached hydrogen (secondary N) is 2. The maximum Gasteiger partial charge on any atom is 0.290 e. The third-order valence-corrected chi connectivity index (χ3v) is 6.32. The molecular weight excluding hydrogens is 452 g/mol. The SMILES string of the molecule is CN1CCCC1c1ccc(-c2cc(Nc3ccncn3)c(=O)n(C)n2)nc1.c1ccc2[nH]ccc2c1. The first-order valence-electron chi connectivity index (χ1n) is 11.9. The molecule has 4 aromatic heterocycles. The van der Waals surface area contributed by atoms with Gasteiger partial charge in [-0.3, -0.25) is 14.7 Å². The van der Waals surface area contributed by atoms with E-state index in [4.69, 9.17) is 0 Å². The molecule has 182 valence electrons. The Bertz CT molecular complexity index is 1460. The second kappa shape index (κ2) is 10.5. The quantitative estimate of drug-likeness (QED) is 0.395. The fourth-order valence-corrected chi connectivity index (χ4v) is 4.41. The van der Waals surface area contributed by atoms with Crippen molar-refractivity contribution in [3.8, 4) is 11.4 Å². The van der Waals surface area contributed by atoms with Crippen LogP contribution in [0.15, 0.2) is 84.3 Å². The lowest BCUT2D eigenvalue weighted by Gasteiger charge is -2.19. The smallest absolute Gasteiger partial charge is 0.290 e. The molecule has 1 atom stereocenters. The van der Waals surface area contributed by atoms with E-state index in [1.54, 1.807) is 25.4 Å². The molecule has 0 spiro atoms. The van der Waals surface area contributed by atoms with Gasteiger partial charge in [0.05, 0.1) is 5.69 Å². The zero-order valence-electron chi connectivity index (χ0n) is 20.3. The number of aromatic nitrogens is 6. The molecule has 0 amide bonds. The van der Waals surface area contributed by atoms with Crippen LogP contribution in [0.3, 0.4) is 0 Å². The van der Waals surface area contributed by atoms with Crippen LogP contribution >= 0.6 is 0 Å². The Morgan fingerprint density at radius 3 is 2.64 bits per heavy atom. The molecular formula is C27H28N8O. The zero-order chi connectivity index (χ0) is 24.9. The van der Waals surface area contributed by atoms with E-state index in [0.717, 1.165) is 18.7 Å². The number of rotatable bonds is 4. The number of aromatic amines is 1. The Labute approximate surface area is 208 Å². The average Bonchev–Trinajstić information content (AvgIpc) is 3.57. The number of benzene rings is 1. The van der Waals surface area contributed by atoms with Gasteiger partial charge in [0, 0.05) is 37.2 Å². The van der Waals surface area contributed by atoms with Gasteiger partial charge in [-0.25, -0.2) is 14.6 Å². The Morgan fingerprint density at radius 2 is 1.92 bits per heavy atom. The highest BCUT2D eigenvalue weighted by molar-refractivity contribution is 5.78. The highest BCUT2D eigenvalue weighted by Gasteiger charge is 2.22. The van der Waals surface area contributed by atoms with Gasteiger partial charge in [-0.05, 0) is 67.7 Å². The van der Waals surface area contributed by atoms with E-state index in [0.29, 0.717) is 23.2 Å². The minimum Gasteiger partial charge on any atom is -0.361 e. The van der Waals surface area contributed by atoms with Crippen LogP contribution in [0.2, 0.25) is 0 Å². The van der Waals surface area contributed by atoms with Crippen LogP contribution in [0.4, 0.5) is 11.5 Å².